The summed E-state index contributed by atoms with van der Waals surface area (Å²) in [5.41, 5.74) is 6.72. The van der Waals surface area contributed by atoms with Crippen LogP contribution in [0, 0.1) is 5.82 Å². The van der Waals surface area contributed by atoms with Gasteiger partial charge in [0.15, 0.2) is 0 Å². The normalized spacial score (nSPS) is 13.9. The first-order chi connectivity index (χ1) is 8.96. The van der Waals surface area contributed by atoms with Crippen LogP contribution in [0.4, 0.5) is 4.39 Å². The van der Waals surface area contributed by atoms with Gasteiger partial charge < -0.3 is 10.5 Å². The van der Waals surface area contributed by atoms with Crippen LogP contribution in [0.1, 0.15) is 18.1 Å². The number of nitrogens with two attached hydrogens (primary N) is 1. The first kappa shape index (κ1) is 13.8. The van der Waals surface area contributed by atoms with Crippen molar-refractivity contribution < 1.29 is 9.13 Å². The average Bonchev–Trinajstić information content (AvgIpc) is 2.39. The highest BCUT2D eigenvalue weighted by atomic mass is 35.5. The highest BCUT2D eigenvalue weighted by Crippen LogP contribution is 2.36. The topological polar surface area (TPSA) is 35.2 Å². The number of methoxy groups -OCH3 is 1. The van der Waals surface area contributed by atoms with Crippen molar-refractivity contribution in [3.8, 4) is 5.75 Å². The van der Waals surface area contributed by atoms with E-state index in [-0.39, 0.29) is 5.82 Å². The van der Waals surface area contributed by atoms with Crippen molar-refractivity contribution in [1.82, 2.24) is 0 Å². The number of halogens is 2. The zero-order chi connectivity index (χ0) is 14.0. The largest absolute Gasteiger partial charge is 0.496 e. The third-order valence-corrected chi connectivity index (χ3v) is 3.48. The van der Waals surface area contributed by atoms with Gasteiger partial charge in [-0.1, -0.05) is 29.8 Å². The first-order valence-electron chi connectivity index (χ1n) is 5.84. The average molecular weight is 280 g/mol. The highest BCUT2D eigenvalue weighted by Gasteiger charge is 2.29. The number of benzene rings is 2. The predicted octanol–water partition coefficient (Wildman–Crippen LogP) is 3.71. The fraction of sp³-hybridized carbons (Fsp3) is 0.200. The van der Waals surface area contributed by atoms with Crippen molar-refractivity contribution in [2.75, 3.05) is 7.11 Å². The first-order valence-corrected chi connectivity index (χ1v) is 6.22. The Morgan fingerprint density at radius 1 is 1.16 bits per heavy atom. The fourth-order valence-electron chi connectivity index (χ4n) is 2.11. The van der Waals surface area contributed by atoms with Gasteiger partial charge in [-0.2, -0.15) is 0 Å². The molecular weight excluding hydrogens is 265 g/mol. The molecule has 2 aromatic rings. The van der Waals surface area contributed by atoms with Gasteiger partial charge in [0.2, 0.25) is 0 Å². The minimum absolute atomic E-state index is 0.362. The summed E-state index contributed by atoms with van der Waals surface area (Å²) in [5, 5.41) is 0.541. The molecule has 2 aromatic carbocycles. The van der Waals surface area contributed by atoms with Gasteiger partial charge in [0, 0.05) is 10.6 Å². The van der Waals surface area contributed by atoms with Crippen LogP contribution in [-0.2, 0) is 5.54 Å². The Hall–Kier alpha value is -1.58. The van der Waals surface area contributed by atoms with Crippen LogP contribution in [0.2, 0.25) is 5.02 Å². The lowest BCUT2D eigenvalue weighted by atomic mass is 9.85. The van der Waals surface area contributed by atoms with E-state index in [0.29, 0.717) is 16.3 Å². The van der Waals surface area contributed by atoms with E-state index < -0.39 is 5.54 Å². The summed E-state index contributed by atoms with van der Waals surface area (Å²) in [6.45, 7) is 1.78. The number of rotatable bonds is 3. The van der Waals surface area contributed by atoms with E-state index >= 15 is 0 Å². The van der Waals surface area contributed by atoms with Crippen molar-refractivity contribution in [2.24, 2.45) is 5.73 Å². The molecule has 19 heavy (non-hydrogen) atoms. The van der Waals surface area contributed by atoms with Crippen LogP contribution in [0.25, 0.3) is 0 Å². The van der Waals surface area contributed by atoms with Crippen LogP contribution in [-0.4, -0.2) is 7.11 Å². The van der Waals surface area contributed by atoms with Gasteiger partial charge in [-0.3, -0.25) is 0 Å². The fourth-order valence-corrected chi connectivity index (χ4v) is 2.45. The molecule has 0 heterocycles. The smallest absolute Gasteiger partial charge is 0.124 e. The molecule has 0 aliphatic heterocycles. The minimum Gasteiger partial charge on any atom is -0.496 e. The molecule has 0 spiro atoms. The molecule has 2 N–H and O–H groups in total. The van der Waals surface area contributed by atoms with Crippen molar-refractivity contribution >= 4 is 11.6 Å². The summed E-state index contributed by atoms with van der Waals surface area (Å²) < 4.78 is 18.7. The van der Waals surface area contributed by atoms with Gasteiger partial charge in [0.25, 0.3) is 0 Å². The zero-order valence-electron chi connectivity index (χ0n) is 10.8. The molecule has 0 radical (unpaired) electrons. The predicted molar refractivity (Wildman–Crippen MR) is 75.0 cm³/mol. The molecular formula is C15H15ClFNO. The van der Waals surface area contributed by atoms with Crippen LogP contribution in [0.5, 0.6) is 5.75 Å². The van der Waals surface area contributed by atoms with Gasteiger partial charge in [-0.05, 0) is 36.8 Å². The molecule has 100 valence electrons. The van der Waals surface area contributed by atoms with Crippen molar-refractivity contribution in [3.05, 3.63) is 64.4 Å². The molecule has 0 bridgehead atoms. The summed E-state index contributed by atoms with van der Waals surface area (Å²) >= 11 is 6.18. The maximum atomic E-state index is 13.5. The Morgan fingerprint density at radius 2 is 1.84 bits per heavy atom. The second kappa shape index (κ2) is 5.19. The number of ether oxygens (including phenoxy) is 1. The van der Waals surface area contributed by atoms with E-state index in [1.807, 2.05) is 18.2 Å². The standard InChI is InChI=1S/C15H15ClFNO/c1-15(18,11-5-3-4-6-13(11)16)12-9-10(17)7-8-14(12)19-2/h3-9H,18H2,1-2H3. The second-order valence-electron chi connectivity index (χ2n) is 4.53. The van der Waals surface area contributed by atoms with E-state index in [1.165, 1.54) is 19.2 Å². The van der Waals surface area contributed by atoms with E-state index in [1.54, 1.807) is 19.1 Å². The van der Waals surface area contributed by atoms with E-state index in [4.69, 9.17) is 22.1 Å². The number of hydrogen-bond donors (Lipinski definition) is 1. The zero-order valence-corrected chi connectivity index (χ0v) is 11.5. The molecule has 4 heteroatoms. The molecule has 2 nitrogen and oxygen atoms in total. The summed E-state index contributed by atoms with van der Waals surface area (Å²) in [4.78, 5) is 0. The molecule has 0 fully saturated rings. The summed E-state index contributed by atoms with van der Waals surface area (Å²) in [6, 6.07) is 11.5. The Morgan fingerprint density at radius 3 is 2.47 bits per heavy atom. The Labute approximate surface area is 117 Å². The summed E-state index contributed by atoms with van der Waals surface area (Å²) in [6.07, 6.45) is 0. The molecule has 0 saturated carbocycles. The number of hydrogen-bond acceptors (Lipinski definition) is 2. The monoisotopic (exact) mass is 279 g/mol. The lowest BCUT2D eigenvalue weighted by molar-refractivity contribution is 0.397. The Bertz CT molecular complexity index is 598. The van der Waals surface area contributed by atoms with Gasteiger partial charge >= 0.3 is 0 Å². The molecule has 0 saturated heterocycles. The second-order valence-corrected chi connectivity index (χ2v) is 4.93. The maximum Gasteiger partial charge on any atom is 0.124 e. The molecule has 1 unspecified atom stereocenters. The SMILES string of the molecule is COc1ccc(F)cc1C(C)(N)c1ccccc1Cl. The van der Waals surface area contributed by atoms with Crippen molar-refractivity contribution in [1.29, 1.82) is 0 Å². The third kappa shape index (κ3) is 2.57. The van der Waals surface area contributed by atoms with Crippen LogP contribution >= 0.6 is 11.6 Å². The Kier molecular flexibility index (Phi) is 3.78. The minimum atomic E-state index is -0.939. The molecule has 0 aliphatic carbocycles. The van der Waals surface area contributed by atoms with Gasteiger partial charge in [0.1, 0.15) is 11.6 Å². The molecule has 0 amide bonds. The van der Waals surface area contributed by atoms with Gasteiger partial charge in [-0.25, -0.2) is 4.39 Å². The third-order valence-electron chi connectivity index (χ3n) is 3.15. The van der Waals surface area contributed by atoms with E-state index in [0.717, 1.165) is 5.56 Å². The van der Waals surface area contributed by atoms with Gasteiger partial charge in [0.05, 0.1) is 12.6 Å². The molecule has 2 rings (SSSR count). The van der Waals surface area contributed by atoms with Crippen molar-refractivity contribution in [3.63, 3.8) is 0 Å². The van der Waals surface area contributed by atoms with Crippen LogP contribution < -0.4 is 10.5 Å². The Balaban J connectivity index is 2.62. The van der Waals surface area contributed by atoms with E-state index in [2.05, 4.69) is 0 Å². The lowest BCUT2D eigenvalue weighted by Gasteiger charge is -2.28. The summed E-state index contributed by atoms with van der Waals surface area (Å²) in [5.74, 6) is 0.172. The van der Waals surface area contributed by atoms with Crippen LogP contribution in [0.15, 0.2) is 42.5 Å². The van der Waals surface area contributed by atoms with Crippen LogP contribution in [0.3, 0.4) is 0 Å². The lowest BCUT2D eigenvalue weighted by Crippen LogP contribution is -2.35. The van der Waals surface area contributed by atoms with Gasteiger partial charge in [-0.15, -0.1) is 0 Å². The highest BCUT2D eigenvalue weighted by molar-refractivity contribution is 6.31. The molecule has 0 aromatic heterocycles. The molecule has 1 atom stereocenters. The molecule has 0 aliphatic rings. The maximum absolute atomic E-state index is 13.5. The quantitative estimate of drug-likeness (QED) is 0.929. The van der Waals surface area contributed by atoms with E-state index in [9.17, 15) is 4.39 Å². The van der Waals surface area contributed by atoms with Crippen molar-refractivity contribution in [2.45, 2.75) is 12.5 Å². The summed E-state index contributed by atoms with van der Waals surface area (Å²) in [7, 11) is 1.53.